The van der Waals surface area contributed by atoms with Gasteiger partial charge in [-0.25, -0.2) is 4.79 Å². The van der Waals surface area contributed by atoms with Gasteiger partial charge in [0.2, 0.25) is 0 Å². The molecule has 24 heavy (non-hydrogen) atoms. The number of hydrogen-bond donors (Lipinski definition) is 2. The lowest BCUT2D eigenvalue weighted by Crippen LogP contribution is -2.39. The van der Waals surface area contributed by atoms with Crippen LogP contribution in [-0.4, -0.2) is 26.0 Å². The van der Waals surface area contributed by atoms with Gasteiger partial charge < -0.3 is 10.4 Å². The lowest BCUT2D eigenvalue weighted by atomic mass is 10.3. The number of allylic oxidation sites excluding steroid dienone is 1. The van der Waals surface area contributed by atoms with Crippen molar-refractivity contribution in [3.05, 3.63) is 37.6 Å². The van der Waals surface area contributed by atoms with E-state index in [0.29, 0.717) is 23.6 Å². The number of aromatic nitrogens is 2. The molecule has 0 aliphatic rings. The number of nitrogens with zero attached hydrogens (tertiary/aromatic N) is 2. The third-order valence-electron chi connectivity index (χ3n) is 3.62. The zero-order valence-electron chi connectivity index (χ0n) is 14.6. The molecular weight excluding hydrogens is 330 g/mol. The number of hydrogen-bond acceptors (Lipinski definition) is 5. The maximum Gasteiger partial charge on any atom is 0.330 e. The van der Waals surface area contributed by atoms with Crippen LogP contribution in [0.3, 0.4) is 0 Å². The summed E-state index contributed by atoms with van der Waals surface area (Å²) >= 11 is 1.48. The van der Waals surface area contributed by atoms with E-state index in [-0.39, 0.29) is 17.7 Å². The predicted molar refractivity (Wildman–Crippen MR) is 97.6 cm³/mol. The van der Waals surface area contributed by atoms with Crippen LogP contribution in [0.25, 0.3) is 0 Å². The summed E-state index contributed by atoms with van der Waals surface area (Å²) in [5, 5.41) is 12.6. The molecule has 0 radical (unpaired) electrons. The molecular formula is C16H25N3O4S. The summed E-state index contributed by atoms with van der Waals surface area (Å²) in [5.41, 5.74) is 0.199. The maximum absolute atomic E-state index is 12.4. The fourth-order valence-corrected chi connectivity index (χ4v) is 2.96. The molecule has 0 spiro atoms. The average molecular weight is 355 g/mol. The summed E-state index contributed by atoms with van der Waals surface area (Å²) in [6, 6.07) is 0. The van der Waals surface area contributed by atoms with E-state index in [2.05, 4.69) is 12.2 Å². The van der Waals surface area contributed by atoms with E-state index in [1.54, 1.807) is 14.0 Å². The molecule has 1 heterocycles. The Balaban J connectivity index is 3.01. The van der Waals surface area contributed by atoms with Gasteiger partial charge in [-0.05, 0) is 25.5 Å². The molecule has 0 atom stereocenters. The Hall–Kier alpha value is -1.96. The summed E-state index contributed by atoms with van der Waals surface area (Å²) in [7, 11) is 3.07. The van der Waals surface area contributed by atoms with E-state index in [1.165, 1.54) is 23.4 Å². The van der Waals surface area contributed by atoms with Crippen molar-refractivity contribution < 1.29 is 9.90 Å². The Morgan fingerprint density at radius 3 is 2.54 bits per heavy atom. The Bertz CT molecular complexity index is 734. The molecule has 8 heteroatoms. The highest BCUT2D eigenvalue weighted by Crippen LogP contribution is 2.21. The number of carbonyl (C=O) groups is 1. The highest BCUT2D eigenvalue weighted by molar-refractivity contribution is 8.03. The molecule has 0 aliphatic carbocycles. The number of carboxylic acid groups (broad SMARTS) is 1. The Kier molecular flexibility index (Phi) is 7.84. The molecule has 0 fully saturated rings. The van der Waals surface area contributed by atoms with E-state index in [0.717, 1.165) is 22.4 Å². The van der Waals surface area contributed by atoms with Crippen LogP contribution in [-0.2, 0) is 18.9 Å². The van der Waals surface area contributed by atoms with Crippen molar-refractivity contribution in [1.29, 1.82) is 0 Å². The first kappa shape index (κ1) is 20.1. The number of unbranched alkanes of at least 4 members (excludes halogenated alkanes) is 1. The van der Waals surface area contributed by atoms with Gasteiger partial charge in [-0.1, -0.05) is 19.4 Å². The van der Waals surface area contributed by atoms with Crippen LogP contribution in [0.1, 0.15) is 38.3 Å². The van der Waals surface area contributed by atoms with Crippen LogP contribution in [0.5, 0.6) is 0 Å². The average Bonchev–Trinajstić information content (AvgIpc) is 2.55. The van der Waals surface area contributed by atoms with E-state index >= 15 is 0 Å². The second-order valence-corrected chi connectivity index (χ2v) is 6.63. The topological polar surface area (TPSA) is 93.3 Å². The van der Waals surface area contributed by atoms with Gasteiger partial charge in [0.15, 0.2) is 0 Å². The number of rotatable bonds is 9. The van der Waals surface area contributed by atoms with Crippen LogP contribution in [0.15, 0.2) is 20.7 Å². The van der Waals surface area contributed by atoms with Crippen molar-refractivity contribution >= 4 is 23.4 Å². The van der Waals surface area contributed by atoms with Gasteiger partial charge in [0.25, 0.3) is 5.56 Å². The van der Waals surface area contributed by atoms with Crippen LogP contribution < -0.4 is 16.6 Å². The fraction of sp³-hybridized carbons (Fsp3) is 0.562. The molecule has 0 aliphatic heterocycles. The Labute approximate surface area is 145 Å². The van der Waals surface area contributed by atoms with Crippen molar-refractivity contribution in [2.24, 2.45) is 14.1 Å². The van der Waals surface area contributed by atoms with Gasteiger partial charge in [0.1, 0.15) is 5.69 Å². The molecule has 0 amide bonds. The molecule has 1 aromatic rings. The highest BCUT2D eigenvalue weighted by Gasteiger charge is 2.13. The molecule has 0 saturated heterocycles. The smallest absolute Gasteiger partial charge is 0.330 e. The molecule has 0 bridgehead atoms. The van der Waals surface area contributed by atoms with Gasteiger partial charge in [-0.15, -0.1) is 11.8 Å². The van der Waals surface area contributed by atoms with E-state index in [4.69, 9.17) is 5.11 Å². The molecule has 0 unspecified atom stereocenters. The third kappa shape index (κ3) is 5.30. The first-order valence-corrected chi connectivity index (χ1v) is 8.86. The van der Waals surface area contributed by atoms with Crippen molar-refractivity contribution in [2.45, 2.75) is 39.5 Å². The lowest BCUT2D eigenvalue weighted by molar-refractivity contribution is -0.137. The minimum Gasteiger partial charge on any atom is -0.481 e. The van der Waals surface area contributed by atoms with Crippen molar-refractivity contribution in [3.63, 3.8) is 0 Å². The molecule has 0 saturated carbocycles. The Morgan fingerprint density at radius 2 is 1.96 bits per heavy atom. The SMILES string of the molecule is CCC/C=C(/Nc1c(C)n(C)c(=O)n(C)c1=O)SCCCC(=O)O. The number of anilines is 1. The first-order valence-electron chi connectivity index (χ1n) is 7.88. The van der Waals surface area contributed by atoms with Crippen molar-refractivity contribution in [3.8, 4) is 0 Å². The van der Waals surface area contributed by atoms with Gasteiger partial charge in [0, 0.05) is 26.2 Å². The summed E-state index contributed by atoms with van der Waals surface area (Å²) in [5.74, 6) is -0.176. The van der Waals surface area contributed by atoms with Crippen LogP contribution in [0, 0.1) is 6.92 Å². The first-order chi connectivity index (χ1) is 11.3. The lowest BCUT2D eigenvalue weighted by Gasteiger charge is -2.15. The summed E-state index contributed by atoms with van der Waals surface area (Å²) in [6.07, 6.45) is 4.48. The summed E-state index contributed by atoms with van der Waals surface area (Å²) < 4.78 is 2.50. The molecule has 1 aromatic heterocycles. The second-order valence-electron chi connectivity index (χ2n) is 5.49. The van der Waals surface area contributed by atoms with Crippen molar-refractivity contribution in [2.75, 3.05) is 11.1 Å². The zero-order chi connectivity index (χ0) is 18.3. The molecule has 0 aromatic carbocycles. The highest BCUT2D eigenvalue weighted by atomic mass is 32.2. The number of thioether (sulfide) groups is 1. The largest absolute Gasteiger partial charge is 0.481 e. The maximum atomic E-state index is 12.4. The Morgan fingerprint density at radius 1 is 1.29 bits per heavy atom. The van der Waals surface area contributed by atoms with E-state index in [9.17, 15) is 14.4 Å². The van der Waals surface area contributed by atoms with Gasteiger partial charge in [-0.2, -0.15) is 0 Å². The predicted octanol–water partition coefficient (Wildman–Crippen LogP) is 2.04. The zero-order valence-corrected chi connectivity index (χ0v) is 15.4. The van der Waals surface area contributed by atoms with Crippen molar-refractivity contribution in [1.82, 2.24) is 9.13 Å². The normalized spacial score (nSPS) is 11.6. The van der Waals surface area contributed by atoms with Crippen LogP contribution in [0.2, 0.25) is 0 Å². The van der Waals surface area contributed by atoms with Crippen LogP contribution >= 0.6 is 11.8 Å². The van der Waals surface area contributed by atoms with E-state index < -0.39 is 5.97 Å². The quantitative estimate of drug-likeness (QED) is 0.659. The number of aliphatic carboxylic acids is 1. The molecule has 1 rings (SSSR count). The van der Waals surface area contributed by atoms with E-state index in [1.807, 2.05) is 6.08 Å². The molecule has 134 valence electrons. The number of carboxylic acids is 1. The van der Waals surface area contributed by atoms with Gasteiger partial charge >= 0.3 is 11.7 Å². The van der Waals surface area contributed by atoms with Crippen LogP contribution in [0.4, 0.5) is 5.69 Å². The second kappa shape index (κ2) is 9.36. The van der Waals surface area contributed by atoms with Gasteiger partial charge in [0.05, 0.1) is 5.03 Å². The fourth-order valence-electron chi connectivity index (χ4n) is 2.04. The summed E-state index contributed by atoms with van der Waals surface area (Å²) in [4.78, 5) is 34.9. The molecule has 7 nitrogen and oxygen atoms in total. The van der Waals surface area contributed by atoms with Gasteiger partial charge in [-0.3, -0.25) is 18.7 Å². The summed E-state index contributed by atoms with van der Waals surface area (Å²) in [6.45, 7) is 3.78. The monoisotopic (exact) mass is 355 g/mol. The number of nitrogens with one attached hydrogen (secondary N) is 1. The minimum atomic E-state index is -0.814. The standard InChI is InChI=1S/C16H25N3O4S/c1-5-6-8-12(24-10-7-9-13(20)21)17-14-11(2)18(3)16(23)19(4)15(14)22/h8,17H,5-7,9-10H2,1-4H3,(H,20,21)/b12-8-. The minimum absolute atomic E-state index is 0.120. The third-order valence-corrected chi connectivity index (χ3v) is 4.69. The molecule has 2 N–H and O–H groups in total.